The van der Waals surface area contributed by atoms with E-state index in [2.05, 4.69) is 5.32 Å². The van der Waals surface area contributed by atoms with Crippen molar-refractivity contribution >= 4 is 21.8 Å². The summed E-state index contributed by atoms with van der Waals surface area (Å²) in [5.41, 5.74) is 0.874. The van der Waals surface area contributed by atoms with Crippen LogP contribution in [0.15, 0.2) is 30.3 Å². The summed E-state index contributed by atoms with van der Waals surface area (Å²) in [6.07, 6.45) is 9.18. The lowest BCUT2D eigenvalue weighted by molar-refractivity contribution is -0.116. The first-order chi connectivity index (χ1) is 10.9. The lowest BCUT2D eigenvalue weighted by Crippen LogP contribution is -2.27. The predicted molar refractivity (Wildman–Crippen MR) is 91.1 cm³/mol. The molecule has 1 fully saturated rings. The first-order valence-corrected chi connectivity index (χ1v) is 9.89. The SMILES string of the molecule is CS(=O)(=O)CCNC(=O)/C=C/c1cccc(OC2CCCC2)c1. The second-order valence-electron chi connectivity index (χ2n) is 5.85. The lowest BCUT2D eigenvalue weighted by atomic mass is 10.2. The van der Waals surface area contributed by atoms with Crippen LogP contribution in [0.2, 0.25) is 0 Å². The Morgan fingerprint density at radius 3 is 2.78 bits per heavy atom. The van der Waals surface area contributed by atoms with Crippen LogP contribution >= 0.6 is 0 Å². The summed E-state index contributed by atoms with van der Waals surface area (Å²) in [5.74, 6) is 0.449. The number of hydrogen-bond donors (Lipinski definition) is 1. The number of ether oxygens (including phenoxy) is 1. The smallest absolute Gasteiger partial charge is 0.244 e. The zero-order valence-corrected chi connectivity index (χ0v) is 14.1. The van der Waals surface area contributed by atoms with Crippen molar-refractivity contribution in [2.24, 2.45) is 0 Å². The Balaban J connectivity index is 1.85. The van der Waals surface area contributed by atoms with Gasteiger partial charge < -0.3 is 10.1 Å². The van der Waals surface area contributed by atoms with Crippen LogP contribution in [0.1, 0.15) is 31.2 Å². The molecule has 0 heterocycles. The van der Waals surface area contributed by atoms with Crippen molar-refractivity contribution < 1.29 is 17.9 Å². The largest absolute Gasteiger partial charge is 0.490 e. The van der Waals surface area contributed by atoms with E-state index < -0.39 is 9.84 Å². The first kappa shape index (κ1) is 17.5. The second-order valence-corrected chi connectivity index (χ2v) is 8.11. The van der Waals surface area contributed by atoms with Gasteiger partial charge >= 0.3 is 0 Å². The van der Waals surface area contributed by atoms with Crippen molar-refractivity contribution in [1.29, 1.82) is 0 Å². The van der Waals surface area contributed by atoms with Gasteiger partial charge in [-0.3, -0.25) is 4.79 Å². The van der Waals surface area contributed by atoms with Gasteiger partial charge in [0.25, 0.3) is 0 Å². The summed E-state index contributed by atoms with van der Waals surface area (Å²) in [7, 11) is -3.06. The van der Waals surface area contributed by atoms with Gasteiger partial charge in [0.2, 0.25) is 5.91 Å². The highest BCUT2D eigenvalue weighted by Crippen LogP contribution is 2.24. The third-order valence-electron chi connectivity index (χ3n) is 3.66. The minimum atomic E-state index is -3.06. The number of sulfone groups is 1. The number of hydrogen-bond acceptors (Lipinski definition) is 4. The van der Waals surface area contributed by atoms with E-state index in [-0.39, 0.29) is 18.2 Å². The van der Waals surface area contributed by atoms with Crippen LogP contribution < -0.4 is 10.1 Å². The molecule has 0 radical (unpaired) electrons. The maximum Gasteiger partial charge on any atom is 0.244 e. The third-order valence-corrected chi connectivity index (χ3v) is 4.61. The Labute approximate surface area is 137 Å². The molecule has 1 saturated carbocycles. The topological polar surface area (TPSA) is 72.5 Å². The standard InChI is InChI=1S/C17H23NO4S/c1-23(20,21)12-11-18-17(19)10-9-14-5-4-8-16(13-14)22-15-6-2-3-7-15/h4-5,8-10,13,15H,2-3,6-7,11-12H2,1H3,(H,18,19)/b10-9+. The number of benzene rings is 1. The predicted octanol–water partition coefficient (Wildman–Crippen LogP) is 2.18. The molecule has 0 spiro atoms. The van der Waals surface area contributed by atoms with E-state index in [1.807, 2.05) is 24.3 Å². The fraction of sp³-hybridized carbons (Fsp3) is 0.471. The summed E-state index contributed by atoms with van der Waals surface area (Å²) in [4.78, 5) is 11.6. The Bertz CT molecular complexity index is 661. The maximum atomic E-state index is 11.6. The molecule has 1 aromatic carbocycles. The van der Waals surface area contributed by atoms with Gasteiger partial charge in [-0.1, -0.05) is 12.1 Å². The molecule has 1 N–H and O–H groups in total. The van der Waals surface area contributed by atoms with E-state index in [0.717, 1.165) is 30.4 Å². The molecule has 1 amide bonds. The highest BCUT2D eigenvalue weighted by molar-refractivity contribution is 7.90. The molecular weight excluding hydrogens is 314 g/mol. The molecule has 5 nitrogen and oxygen atoms in total. The minimum absolute atomic E-state index is 0.0582. The van der Waals surface area contributed by atoms with Crippen LogP contribution in [0.25, 0.3) is 6.08 Å². The van der Waals surface area contributed by atoms with Crippen molar-refractivity contribution in [2.75, 3.05) is 18.6 Å². The van der Waals surface area contributed by atoms with Crippen molar-refractivity contribution in [2.45, 2.75) is 31.8 Å². The molecule has 0 atom stereocenters. The van der Waals surface area contributed by atoms with Gasteiger partial charge in [0.1, 0.15) is 15.6 Å². The number of amides is 1. The fourth-order valence-electron chi connectivity index (χ4n) is 2.48. The van der Waals surface area contributed by atoms with E-state index in [4.69, 9.17) is 4.74 Å². The van der Waals surface area contributed by atoms with E-state index in [0.29, 0.717) is 6.10 Å². The van der Waals surface area contributed by atoms with Crippen molar-refractivity contribution in [1.82, 2.24) is 5.32 Å². The highest BCUT2D eigenvalue weighted by Gasteiger charge is 2.16. The van der Waals surface area contributed by atoms with E-state index in [1.54, 1.807) is 6.08 Å². The lowest BCUT2D eigenvalue weighted by Gasteiger charge is -2.13. The molecule has 1 aromatic rings. The van der Waals surface area contributed by atoms with Crippen molar-refractivity contribution in [3.8, 4) is 5.75 Å². The maximum absolute atomic E-state index is 11.6. The monoisotopic (exact) mass is 337 g/mol. The van der Waals surface area contributed by atoms with Crippen LogP contribution in [-0.2, 0) is 14.6 Å². The van der Waals surface area contributed by atoms with Gasteiger partial charge in [-0.2, -0.15) is 0 Å². The fourth-order valence-corrected chi connectivity index (χ4v) is 2.95. The van der Waals surface area contributed by atoms with Gasteiger partial charge in [-0.25, -0.2) is 8.42 Å². The van der Waals surface area contributed by atoms with Gasteiger partial charge in [0.05, 0.1) is 11.9 Å². The summed E-state index contributed by atoms with van der Waals surface area (Å²) >= 11 is 0. The average molecular weight is 337 g/mol. The van der Waals surface area contributed by atoms with Gasteiger partial charge in [-0.15, -0.1) is 0 Å². The molecule has 2 rings (SSSR count). The Morgan fingerprint density at radius 2 is 2.09 bits per heavy atom. The Kier molecular flexibility index (Phi) is 6.21. The first-order valence-electron chi connectivity index (χ1n) is 7.83. The summed E-state index contributed by atoms with van der Waals surface area (Å²) in [5, 5.41) is 2.55. The Hall–Kier alpha value is -1.82. The van der Waals surface area contributed by atoms with Crippen LogP contribution in [0, 0.1) is 0 Å². The van der Waals surface area contributed by atoms with Gasteiger partial charge in [0.15, 0.2) is 0 Å². The average Bonchev–Trinajstić information content (AvgIpc) is 2.97. The minimum Gasteiger partial charge on any atom is -0.490 e. The van der Waals surface area contributed by atoms with Crippen LogP contribution in [0.4, 0.5) is 0 Å². The molecule has 1 aliphatic rings. The second kappa shape index (κ2) is 8.15. The van der Waals surface area contributed by atoms with Gasteiger partial charge in [0, 0.05) is 18.9 Å². The summed E-state index contributed by atoms with van der Waals surface area (Å²) in [6.45, 7) is 0.118. The van der Waals surface area contributed by atoms with E-state index in [9.17, 15) is 13.2 Å². The van der Waals surface area contributed by atoms with Crippen molar-refractivity contribution in [3.63, 3.8) is 0 Å². The zero-order valence-electron chi connectivity index (χ0n) is 13.3. The molecule has 0 unspecified atom stereocenters. The molecule has 1 aliphatic carbocycles. The summed E-state index contributed by atoms with van der Waals surface area (Å²) in [6, 6.07) is 7.60. The zero-order chi connectivity index (χ0) is 16.7. The third kappa shape index (κ3) is 6.86. The van der Waals surface area contributed by atoms with E-state index in [1.165, 1.54) is 18.9 Å². The number of carbonyl (C=O) groups excluding carboxylic acids is 1. The molecule has 0 bridgehead atoms. The molecule has 23 heavy (non-hydrogen) atoms. The van der Waals surface area contributed by atoms with Crippen molar-refractivity contribution in [3.05, 3.63) is 35.9 Å². The molecule has 0 saturated heterocycles. The van der Waals surface area contributed by atoms with Gasteiger partial charge in [-0.05, 0) is 49.5 Å². The van der Waals surface area contributed by atoms with Crippen LogP contribution in [0.5, 0.6) is 5.75 Å². The number of nitrogens with one attached hydrogen (secondary N) is 1. The Morgan fingerprint density at radius 1 is 1.35 bits per heavy atom. The summed E-state index contributed by atoms with van der Waals surface area (Å²) < 4.78 is 27.9. The molecular formula is C17H23NO4S. The highest BCUT2D eigenvalue weighted by atomic mass is 32.2. The molecule has 0 aromatic heterocycles. The quantitative estimate of drug-likeness (QED) is 0.774. The van der Waals surface area contributed by atoms with Crippen LogP contribution in [-0.4, -0.2) is 39.0 Å². The normalized spacial score (nSPS) is 15.9. The number of carbonyl (C=O) groups is 1. The van der Waals surface area contributed by atoms with Crippen LogP contribution in [0.3, 0.4) is 0 Å². The molecule has 0 aliphatic heterocycles. The van der Waals surface area contributed by atoms with E-state index >= 15 is 0 Å². The molecule has 126 valence electrons. The number of rotatable bonds is 7. The molecule has 6 heteroatoms.